The van der Waals surface area contributed by atoms with Gasteiger partial charge in [-0.3, -0.25) is 4.57 Å². The fraction of sp³-hybridized carbons (Fsp3) is 0.714. The highest BCUT2D eigenvalue weighted by Crippen LogP contribution is 2.46. The second kappa shape index (κ2) is 4.46. The average Bonchev–Trinajstić information content (AvgIpc) is 2.82. The summed E-state index contributed by atoms with van der Waals surface area (Å²) in [6.45, 7) is 7.68. The monoisotopic (exact) mass is 297 g/mol. The van der Waals surface area contributed by atoms with Crippen molar-refractivity contribution in [3.05, 3.63) is 21.2 Å². The van der Waals surface area contributed by atoms with Crippen LogP contribution in [0.1, 0.15) is 38.7 Å². The fourth-order valence-corrected chi connectivity index (χ4v) is 4.12. The Balaban J connectivity index is 2.25. The summed E-state index contributed by atoms with van der Waals surface area (Å²) in [7, 11) is 0. The minimum absolute atomic E-state index is 0.0492. The molecule has 3 heterocycles. The van der Waals surface area contributed by atoms with Crippen LogP contribution in [0.25, 0.3) is 0 Å². The fourth-order valence-electron chi connectivity index (χ4n) is 3.75. The van der Waals surface area contributed by atoms with Gasteiger partial charge in [-0.25, -0.2) is 4.79 Å². The summed E-state index contributed by atoms with van der Waals surface area (Å²) in [6.07, 6.45) is 0.889. The van der Waals surface area contributed by atoms with Crippen molar-refractivity contribution in [2.45, 2.75) is 45.2 Å². The molecule has 0 spiro atoms. The normalized spacial score (nSPS) is 28.1. The summed E-state index contributed by atoms with van der Waals surface area (Å²) in [4.78, 5) is 18.3. The van der Waals surface area contributed by atoms with Crippen LogP contribution >= 0.6 is 11.6 Å². The number of fused-ring (bicyclic) bond motifs is 3. The van der Waals surface area contributed by atoms with E-state index < -0.39 is 0 Å². The predicted molar refractivity (Wildman–Crippen MR) is 78.5 cm³/mol. The minimum Gasteiger partial charge on any atom is -0.394 e. The van der Waals surface area contributed by atoms with Gasteiger partial charge in [0.2, 0.25) is 0 Å². The summed E-state index contributed by atoms with van der Waals surface area (Å²) in [5.74, 6) is 1.55. The molecule has 0 bridgehead atoms. The first-order valence-electron chi connectivity index (χ1n) is 7.08. The summed E-state index contributed by atoms with van der Waals surface area (Å²) >= 11 is 6.21. The van der Waals surface area contributed by atoms with Gasteiger partial charge in [-0.05, 0) is 18.3 Å². The number of nitrogens with zero attached hydrogens (tertiary/aromatic N) is 3. The largest absolute Gasteiger partial charge is 0.394 e. The highest BCUT2D eigenvalue weighted by atomic mass is 35.5. The lowest BCUT2D eigenvalue weighted by atomic mass is 9.94. The van der Waals surface area contributed by atoms with Gasteiger partial charge in [-0.15, -0.1) is 0 Å². The van der Waals surface area contributed by atoms with E-state index >= 15 is 0 Å². The van der Waals surface area contributed by atoms with Crippen molar-refractivity contribution in [1.82, 2.24) is 9.55 Å². The van der Waals surface area contributed by atoms with Crippen LogP contribution in [0, 0.1) is 5.92 Å². The number of aliphatic hydroxyl groups excluding tert-OH is 1. The second-order valence-electron chi connectivity index (χ2n) is 6.47. The van der Waals surface area contributed by atoms with Crippen LogP contribution in [0.2, 0.25) is 5.15 Å². The molecular weight excluding hydrogens is 278 g/mol. The average molecular weight is 298 g/mol. The van der Waals surface area contributed by atoms with Crippen molar-refractivity contribution >= 4 is 17.4 Å². The summed E-state index contributed by atoms with van der Waals surface area (Å²) in [5, 5.41) is 10.2. The summed E-state index contributed by atoms with van der Waals surface area (Å²) in [5.41, 5.74) is 0.238. The maximum absolute atomic E-state index is 12.1. The van der Waals surface area contributed by atoms with Crippen molar-refractivity contribution < 1.29 is 5.11 Å². The SMILES string of the molecule is CC(C)c1c(Cl)nc(=O)n2c1N1C[C@H](C)C[C@]1(CO)C2. The van der Waals surface area contributed by atoms with E-state index in [9.17, 15) is 9.90 Å². The first-order valence-corrected chi connectivity index (χ1v) is 7.46. The first-order chi connectivity index (χ1) is 9.39. The van der Waals surface area contributed by atoms with E-state index in [1.54, 1.807) is 4.57 Å². The molecule has 6 heteroatoms. The van der Waals surface area contributed by atoms with Gasteiger partial charge in [0.25, 0.3) is 0 Å². The Morgan fingerprint density at radius 1 is 1.55 bits per heavy atom. The Morgan fingerprint density at radius 2 is 2.25 bits per heavy atom. The maximum atomic E-state index is 12.1. The van der Waals surface area contributed by atoms with Gasteiger partial charge in [0.1, 0.15) is 11.0 Å². The second-order valence-corrected chi connectivity index (χ2v) is 6.82. The van der Waals surface area contributed by atoms with Crippen LogP contribution in [-0.2, 0) is 6.54 Å². The van der Waals surface area contributed by atoms with Gasteiger partial charge >= 0.3 is 5.69 Å². The number of anilines is 1. The molecule has 1 fully saturated rings. The zero-order valence-electron chi connectivity index (χ0n) is 12.1. The van der Waals surface area contributed by atoms with E-state index in [2.05, 4.69) is 16.8 Å². The number of hydrogen-bond donors (Lipinski definition) is 1. The Hall–Kier alpha value is -1.07. The third kappa shape index (κ3) is 1.72. The van der Waals surface area contributed by atoms with Crippen LogP contribution in [0.15, 0.2) is 4.79 Å². The van der Waals surface area contributed by atoms with Crippen molar-refractivity contribution in [2.75, 3.05) is 18.1 Å². The first kappa shape index (κ1) is 13.9. The standard InChI is InChI=1S/C14H20ClN3O2/c1-8(2)10-11(15)16-13(20)17-6-14(7-19)4-9(3)5-18(14)12(10)17/h8-9,19H,4-7H2,1-3H3/t9-,14-/m1/s1. The van der Waals surface area contributed by atoms with Gasteiger partial charge in [-0.1, -0.05) is 32.4 Å². The van der Waals surface area contributed by atoms with Crippen molar-refractivity contribution in [3.63, 3.8) is 0 Å². The summed E-state index contributed by atoms with van der Waals surface area (Å²) in [6, 6.07) is 0. The molecule has 0 aromatic carbocycles. The van der Waals surface area contributed by atoms with E-state index in [1.807, 2.05) is 13.8 Å². The Morgan fingerprint density at radius 3 is 2.85 bits per heavy atom. The van der Waals surface area contributed by atoms with E-state index in [1.165, 1.54) is 0 Å². The molecule has 20 heavy (non-hydrogen) atoms. The Kier molecular flexibility index (Phi) is 3.10. The van der Waals surface area contributed by atoms with Crippen LogP contribution < -0.4 is 10.6 Å². The lowest BCUT2D eigenvalue weighted by Crippen LogP contribution is -2.45. The molecule has 0 unspecified atom stereocenters. The molecule has 0 amide bonds. The van der Waals surface area contributed by atoms with Gasteiger partial charge in [-0.2, -0.15) is 4.98 Å². The zero-order valence-corrected chi connectivity index (χ0v) is 12.8. The van der Waals surface area contributed by atoms with Crippen LogP contribution in [-0.4, -0.2) is 33.3 Å². The van der Waals surface area contributed by atoms with Gasteiger partial charge in [0, 0.05) is 12.1 Å². The molecule has 2 aliphatic rings. The summed E-state index contributed by atoms with van der Waals surface area (Å²) < 4.78 is 1.68. The minimum atomic E-state index is -0.360. The molecule has 0 aliphatic carbocycles. The van der Waals surface area contributed by atoms with E-state index in [4.69, 9.17) is 11.6 Å². The van der Waals surface area contributed by atoms with Gasteiger partial charge < -0.3 is 10.0 Å². The molecule has 1 N–H and O–H groups in total. The maximum Gasteiger partial charge on any atom is 0.350 e. The predicted octanol–water partition coefficient (Wildman–Crippen LogP) is 1.61. The number of halogens is 1. The zero-order chi connectivity index (χ0) is 14.7. The Bertz CT molecular complexity index is 613. The number of hydrogen-bond acceptors (Lipinski definition) is 4. The highest BCUT2D eigenvalue weighted by Gasteiger charge is 2.51. The lowest BCUT2D eigenvalue weighted by Gasteiger charge is -2.31. The molecule has 2 aliphatic heterocycles. The quantitative estimate of drug-likeness (QED) is 0.843. The molecule has 5 nitrogen and oxygen atoms in total. The van der Waals surface area contributed by atoms with Crippen molar-refractivity contribution in [2.24, 2.45) is 5.92 Å². The number of rotatable bonds is 2. The molecule has 2 atom stereocenters. The van der Waals surface area contributed by atoms with Gasteiger partial charge in [0.05, 0.1) is 18.7 Å². The lowest BCUT2D eigenvalue weighted by molar-refractivity contribution is 0.189. The molecule has 1 saturated heterocycles. The Labute approximate surface area is 123 Å². The van der Waals surface area contributed by atoms with E-state index in [0.717, 1.165) is 24.3 Å². The molecule has 0 saturated carbocycles. The van der Waals surface area contributed by atoms with Crippen LogP contribution in [0.5, 0.6) is 0 Å². The molecule has 3 rings (SSSR count). The third-order valence-electron chi connectivity index (χ3n) is 4.52. The highest BCUT2D eigenvalue weighted by molar-refractivity contribution is 6.30. The van der Waals surface area contributed by atoms with Crippen molar-refractivity contribution in [3.8, 4) is 0 Å². The number of aromatic nitrogens is 2. The molecule has 0 radical (unpaired) electrons. The smallest absolute Gasteiger partial charge is 0.350 e. The van der Waals surface area contributed by atoms with E-state index in [0.29, 0.717) is 17.6 Å². The van der Waals surface area contributed by atoms with Gasteiger partial charge in [0.15, 0.2) is 0 Å². The topological polar surface area (TPSA) is 58.4 Å². The molecule has 1 aromatic rings. The van der Waals surface area contributed by atoms with E-state index in [-0.39, 0.29) is 23.8 Å². The molecular formula is C14H20ClN3O2. The number of aliphatic hydroxyl groups is 1. The van der Waals surface area contributed by atoms with Crippen molar-refractivity contribution in [1.29, 1.82) is 0 Å². The molecule has 110 valence electrons. The van der Waals surface area contributed by atoms with Crippen LogP contribution in [0.4, 0.5) is 5.82 Å². The van der Waals surface area contributed by atoms with Crippen LogP contribution in [0.3, 0.4) is 0 Å². The third-order valence-corrected chi connectivity index (χ3v) is 4.81. The molecule has 1 aromatic heterocycles.